The highest BCUT2D eigenvalue weighted by Crippen LogP contribution is 2.46. The van der Waals surface area contributed by atoms with Crippen molar-refractivity contribution in [1.29, 1.82) is 0 Å². The quantitative estimate of drug-likeness (QED) is 0.0487. The lowest BCUT2D eigenvalue weighted by Crippen LogP contribution is -2.57. The number of aromatic hydroxyl groups is 4. The number of carboxylic acid groups (broad SMARTS) is 3. The maximum Gasteiger partial charge on any atom is 0.335 e. The van der Waals surface area contributed by atoms with E-state index in [1.54, 1.807) is 18.2 Å². The minimum absolute atomic E-state index is 0.00870. The van der Waals surface area contributed by atoms with E-state index in [0.29, 0.717) is 47.1 Å². The van der Waals surface area contributed by atoms with Gasteiger partial charge in [-0.25, -0.2) is 9.59 Å². The first-order chi connectivity index (χ1) is 33.1. The van der Waals surface area contributed by atoms with Gasteiger partial charge in [-0.2, -0.15) is 0 Å². The predicted molar refractivity (Wildman–Crippen MR) is 245 cm³/mol. The molecule has 1 saturated carbocycles. The van der Waals surface area contributed by atoms with Gasteiger partial charge in [-0.05, 0) is 90.4 Å². The number of aliphatic carboxylic acids is 1. The average Bonchev–Trinajstić information content (AvgIpc) is 3.34. The van der Waals surface area contributed by atoms with E-state index >= 15 is 0 Å². The molecule has 1 fully saturated rings. The molecule has 0 atom stereocenters. The number of carboxylic acids is 3. The highest BCUT2D eigenvalue weighted by Gasteiger charge is 2.52. The standard InChI is InChI=1S/C14H14O8.C10H20O5.C9H12O3.C8H10O3.C7H8O3/c15-7-22-4-3-9-6-10(13(18)19)8(1-2-12(16)17)5-11(9)14(20)21;11-4-9(5-12)2-1-3-10(6-13,7-14)8(9)15;1-6-2-7(4-10)9(12)8(3-6)5-11;9-4-6-1-7(5-10)3-8(11)2-6;8-4-5-1-6(9)3-7(10)2-5/h5-7H,1-4H2,(H,16,17)(H,18,19)(H,20,21);8,11-15H,1-7H2;2-3,10-12H,4-5H2,1H3;1-3,9-11H,4-5H2;1-3,8-10H,4H2. The van der Waals surface area contributed by atoms with Crippen LogP contribution in [0.15, 0.2) is 60.7 Å². The van der Waals surface area contributed by atoms with E-state index in [0.717, 1.165) is 11.6 Å². The van der Waals surface area contributed by atoms with Gasteiger partial charge in [0.25, 0.3) is 6.47 Å². The van der Waals surface area contributed by atoms with Crippen LogP contribution in [0, 0.1) is 17.8 Å². The summed E-state index contributed by atoms with van der Waals surface area (Å²) >= 11 is 0. The van der Waals surface area contributed by atoms with Crippen molar-refractivity contribution >= 4 is 24.4 Å². The second-order valence-corrected chi connectivity index (χ2v) is 16.1. The molecule has 0 amide bonds. The zero-order chi connectivity index (χ0) is 53.2. The van der Waals surface area contributed by atoms with E-state index in [-0.39, 0.29) is 137 Å². The number of hydrogen-bond acceptors (Lipinski definition) is 19. The summed E-state index contributed by atoms with van der Waals surface area (Å²) in [5.74, 6) is -3.68. The van der Waals surface area contributed by atoms with Gasteiger partial charge in [0.15, 0.2) is 0 Å². The molecule has 0 bridgehead atoms. The minimum Gasteiger partial charge on any atom is -0.508 e. The van der Waals surface area contributed by atoms with Gasteiger partial charge in [-0.15, -0.1) is 0 Å². The molecule has 70 heavy (non-hydrogen) atoms. The van der Waals surface area contributed by atoms with Gasteiger partial charge in [0.2, 0.25) is 0 Å². The number of benzene rings is 4. The molecule has 1 aliphatic carbocycles. The number of ether oxygens (including phenoxy) is 1. The summed E-state index contributed by atoms with van der Waals surface area (Å²) < 4.78 is 4.48. The van der Waals surface area contributed by atoms with E-state index in [1.165, 1.54) is 36.4 Å². The summed E-state index contributed by atoms with van der Waals surface area (Å²) in [6, 6.07) is 14.3. The summed E-state index contributed by atoms with van der Waals surface area (Å²) in [6.07, 6.45) is 0.226. The predicted octanol–water partition coefficient (Wildman–Crippen LogP) is 0.941. The van der Waals surface area contributed by atoms with Crippen LogP contribution in [0.3, 0.4) is 0 Å². The Hall–Kier alpha value is -6.44. The summed E-state index contributed by atoms with van der Waals surface area (Å²) in [4.78, 5) is 43.2. The Bertz CT molecular complexity index is 2180. The van der Waals surface area contributed by atoms with Crippen LogP contribution in [0.5, 0.6) is 23.0 Å². The van der Waals surface area contributed by atoms with Gasteiger partial charge >= 0.3 is 17.9 Å². The van der Waals surface area contributed by atoms with Crippen LogP contribution in [0.1, 0.15) is 90.9 Å². The molecule has 1 aliphatic rings. The fraction of sp³-hybridized carbons (Fsp3) is 0.417. The second-order valence-electron chi connectivity index (χ2n) is 16.1. The summed E-state index contributed by atoms with van der Waals surface area (Å²) in [6.45, 7) is -0.238. The number of hydrogen-bond donors (Lipinski definition) is 17. The van der Waals surface area contributed by atoms with E-state index < -0.39 is 34.8 Å². The molecule has 0 unspecified atom stereocenters. The third-order valence-electron chi connectivity index (χ3n) is 11.0. The Morgan fingerprint density at radius 2 is 0.943 bits per heavy atom. The Kier molecular flexibility index (Phi) is 27.2. The smallest absolute Gasteiger partial charge is 0.335 e. The largest absolute Gasteiger partial charge is 0.508 e. The molecule has 4 aromatic rings. The zero-order valence-electron chi connectivity index (χ0n) is 38.4. The van der Waals surface area contributed by atoms with Gasteiger partial charge in [-0.1, -0.05) is 30.2 Å². The van der Waals surface area contributed by atoms with Crippen molar-refractivity contribution < 1.29 is 111 Å². The van der Waals surface area contributed by atoms with Crippen molar-refractivity contribution in [3.8, 4) is 23.0 Å². The number of aliphatic hydroxyl groups excluding tert-OH is 10. The number of aryl methyl sites for hydroxylation is 2. The van der Waals surface area contributed by atoms with Crippen LogP contribution in [0.4, 0.5) is 0 Å². The van der Waals surface area contributed by atoms with Gasteiger partial charge in [0.1, 0.15) is 23.0 Å². The minimum atomic E-state index is -1.28. The van der Waals surface area contributed by atoms with Crippen LogP contribution in [0.25, 0.3) is 0 Å². The maximum absolute atomic E-state index is 11.3. The molecular formula is C48H64O22. The monoisotopic (exact) mass is 992 g/mol. The van der Waals surface area contributed by atoms with Crippen molar-refractivity contribution in [2.24, 2.45) is 10.8 Å². The number of phenolic OH excluding ortho intramolecular Hbond substituents is 3. The normalized spacial score (nSPS) is 13.3. The first kappa shape index (κ1) is 61.6. The van der Waals surface area contributed by atoms with Gasteiger partial charge in [0.05, 0.1) is 83.3 Å². The Morgan fingerprint density at radius 1 is 0.557 bits per heavy atom. The van der Waals surface area contributed by atoms with Crippen LogP contribution in [-0.4, -0.2) is 150 Å². The molecule has 0 radical (unpaired) electrons. The summed E-state index contributed by atoms with van der Waals surface area (Å²) in [5, 5.41) is 154. The average molecular weight is 993 g/mol. The topological polar surface area (TPSA) is 421 Å². The van der Waals surface area contributed by atoms with Gasteiger partial charge in [0, 0.05) is 40.9 Å². The maximum atomic E-state index is 11.3. The van der Waals surface area contributed by atoms with Crippen LogP contribution < -0.4 is 0 Å². The van der Waals surface area contributed by atoms with Crippen LogP contribution >= 0.6 is 0 Å². The molecule has 0 aromatic heterocycles. The first-order valence-corrected chi connectivity index (χ1v) is 21.3. The zero-order valence-corrected chi connectivity index (χ0v) is 38.4. The number of aliphatic hydroxyl groups is 10. The van der Waals surface area contributed by atoms with E-state index in [2.05, 4.69) is 4.74 Å². The number of phenols is 4. The van der Waals surface area contributed by atoms with Crippen LogP contribution in [0.2, 0.25) is 0 Å². The SMILES string of the molecule is Cc1cc(CO)c(O)c(CO)c1.O=COCCc1cc(C(=O)O)c(CCC(=O)O)cc1C(=O)O.OCC1(CO)CCCC(CO)(CO)C1O.OCc1cc(O)cc(CO)c1.OCc1cc(O)cc(O)c1. The van der Waals surface area contributed by atoms with E-state index in [1.807, 2.05) is 6.92 Å². The molecule has 0 spiro atoms. The summed E-state index contributed by atoms with van der Waals surface area (Å²) in [7, 11) is 0. The van der Waals surface area contributed by atoms with Crippen LogP contribution in [-0.2, 0) is 60.2 Å². The Labute approximate surface area is 402 Å². The highest BCUT2D eigenvalue weighted by molar-refractivity contribution is 5.95. The Morgan fingerprint density at radius 3 is 1.29 bits per heavy atom. The van der Waals surface area contributed by atoms with Crippen molar-refractivity contribution in [3.63, 3.8) is 0 Å². The van der Waals surface area contributed by atoms with Crippen molar-refractivity contribution in [2.75, 3.05) is 33.0 Å². The lowest BCUT2D eigenvalue weighted by Gasteiger charge is -2.49. The van der Waals surface area contributed by atoms with Gasteiger partial charge in [-0.3, -0.25) is 9.59 Å². The molecule has 17 N–H and O–H groups in total. The third kappa shape index (κ3) is 18.8. The lowest BCUT2D eigenvalue weighted by atomic mass is 9.60. The van der Waals surface area contributed by atoms with E-state index in [4.69, 9.17) is 46.0 Å². The molecule has 0 saturated heterocycles. The molecule has 22 nitrogen and oxygen atoms in total. The fourth-order valence-electron chi connectivity index (χ4n) is 7.29. The molecular weight excluding hydrogens is 929 g/mol. The third-order valence-corrected chi connectivity index (χ3v) is 11.0. The lowest BCUT2D eigenvalue weighted by molar-refractivity contribution is -0.173. The van der Waals surface area contributed by atoms with Crippen molar-refractivity contribution in [3.05, 3.63) is 116 Å². The van der Waals surface area contributed by atoms with E-state index in [9.17, 15) is 60.0 Å². The Balaban J connectivity index is 0.000000452. The molecule has 22 heteroatoms. The highest BCUT2D eigenvalue weighted by atomic mass is 16.5. The molecule has 388 valence electrons. The number of carbonyl (C=O) groups excluding carboxylic acids is 1. The molecule has 4 aromatic carbocycles. The second kappa shape index (κ2) is 30.9. The number of rotatable bonds is 18. The summed E-state index contributed by atoms with van der Waals surface area (Å²) in [5.41, 5.74) is 1.58. The van der Waals surface area contributed by atoms with Crippen molar-refractivity contribution in [2.45, 2.75) is 84.6 Å². The molecule has 0 aliphatic heterocycles. The van der Waals surface area contributed by atoms with Gasteiger partial charge < -0.3 is 91.5 Å². The number of carbonyl (C=O) groups is 4. The first-order valence-electron chi connectivity index (χ1n) is 21.3. The van der Waals surface area contributed by atoms with Crippen molar-refractivity contribution in [1.82, 2.24) is 0 Å². The fourth-order valence-corrected chi connectivity index (χ4v) is 7.29. The molecule has 0 heterocycles. The molecule has 5 rings (SSSR count). The number of aromatic carboxylic acids is 2.